The third-order valence-corrected chi connectivity index (χ3v) is 4.26. The van der Waals surface area contributed by atoms with Gasteiger partial charge in [0.25, 0.3) is 0 Å². The van der Waals surface area contributed by atoms with Gasteiger partial charge >= 0.3 is 0 Å². The molecule has 2 aromatic carbocycles. The summed E-state index contributed by atoms with van der Waals surface area (Å²) in [4.78, 5) is 0. The Balaban J connectivity index is 1.88. The Labute approximate surface area is 121 Å². The highest BCUT2D eigenvalue weighted by Gasteiger charge is 2.04. The minimum Gasteiger partial charge on any atom is -0.317 e. The molecule has 0 unspecified atom stereocenters. The zero-order valence-corrected chi connectivity index (χ0v) is 11.7. The van der Waals surface area contributed by atoms with E-state index in [0.717, 1.165) is 0 Å². The zero-order chi connectivity index (χ0) is 13.4. The monoisotopic (exact) mass is 275 g/mol. The van der Waals surface area contributed by atoms with Gasteiger partial charge in [0.05, 0.1) is 5.52 Å². The highest BCUT2D eigenvalue weighted by atomic mass is 32.1. The van der Waals surface area contributed by atoms with Crippen LogP contribution in [0.5, 0.6) is 0 Å². The van der Waals surface area contributed by atoms with Gasteiger partial charge in [-0.2, -0.15) is 11.3 Å². The van der Waals surface area contributed by atoms with Crippen molar-refractivity contribution in [2.24, 2.45) is 0 Å². The molecule has 0 aliphatic carbocycles. The Morgan fingerprint density at radius 1 is 0.800 bits per heavy atom. The Morgan fingerprint density at radius 3 is 2.65 bits per heavy atom. The Hall–Kier alpha value is -2.32. The normalized spacial score (nSPS) is 11.0. The van der Waals surface area contributed by atoms with Crippen molar-refractivity contribution >= 4 is 22.2 Å². The number of hydrogen-bond acceptors (Lipinski definition) is 1. The van der Waals surface area contributed by atoms with E-state index in [-0.39, 0.29) is 0 Å². The van der Waals surface area contributed by atoms with Crippen LogP contribution in [0, 0.1) is 0 Å². The van der Waals surface area contributed by atoms with Crippen LogP contribution in [0.1, 0.15) is 0 Å². The van der Waals surface area contributed by atoms with Gasteiger partial charge in [0.2, 0.25) is 0 Å². The lowest BCUT2D eigenvalue weighted by Crippen LogP contribution is -1.91. The molecule has 0 saturated heterocycles. The predicted molar refractivity (Wildman–Crippen MR) is 86.6 cm³/mol. The van der Waals surface area contributed by atoms with Gasteiger partial charge in [-0.3, -0.25) is 0 Å². The smallest absolute Gasteiger partial charge is 0.0528 e. The molecular weight excluding hydrogens is 262 g/mol. The van der Waals surface area contributed by atoms with Crippen LogP contribution in [0.15, 0.2) is 77.6 Å². The fourth-order valence-corrected chi connectivity index (χ4v) is 3.24. The maximum atomic E-state index is 2.24. The molecule has 0 amide bonds. The van der Waals surface area contributed by atoms with Crippen molar-refractivity contribution in [2.45, 2.75) is 0 Å². The van der Waals surface area contributed by atoms with E-state index in [0.29, 0.717) is 0 Å². The number of hydrogen-bond donors (Lipinski definition) is 0. The molecule has 4 aromatic rings. The summed E-state index contributed by atoms with van der Waals surface area (Å²) in [5.41, 5.74) is 5.00. The lowest BCUT2D eigenvalue weighted by atomic mass is 10.1. The first-order valence-electron chi connectivity index (χ1n) is 6.61. The molecule has 20 heavy (non-hydrogen) atoms. The number of benzene rings is 2. The maximum Gasteiger partial charge on any atom is 0.0528 e. The molecule has 0 bridgehead atoms. The molecule has 0 spiro atoms. The minimum atomic E-state index is 1.20. The van der Waals surface area contributed by atoms with E-state index in [1.807, 2.05) is 0 Å². The third kappa shape index (κ3) is 1.86. The van der Waals surface area contributed by atoms with Gasteiger partial charge in [-0.05, 0) is 57.6 Å². The van der Waals surface area contributed by atoms with Crippen LogP contribution < -0.4 is 0 Å². The summed E-state index contributed by atoms with van der Waals surface area (Å²) in [6, 6.07) is 21.5. The van der Waals surface area contributed by atoms with Gasteiger partial charge in [0.15, 0.2) is 0 Å². The fourth-order valence-electron chi connectivity index (χ4n) is 2.57. The van der Waals surface area contributed by atoms with Crippen LogP contribution in [0.3, 0.4) is 0 Å². The average molecular weight is 275 g/mol. The van der Waals surface area contributed by atoms with E-state index in [9.17, 15) is 0 Å². The van der Waals surface area contributed by atoms with E-state index in [1.165, 1.54) is 27.7 Å². The number of nitrogens with zero attached hydrogens (tertiary/aromatic N) is 1. The summed E-state index contributed by atoms with van der Waals surface area (Å²) in [7, 11) is 0. The van der Waals surface area contributed by atoms with E-state index in [1.54, 1.807) is 11.3 Å². The average Bonchev–Trinajstić information content (AvgIpc) is 3.17. The first-order valence-corrected chi connectivity index (χ1v) is 7.55. The molecule has 2 heterocycles. The third-order valence-electron chi connectivity index (χ3n) is 3.58. The van der Waals surface area contributed by atoms with E-state index in [2.05, 4.69) is 82.2 Å². The van der Waals surface area contributed by atoms with Gasteiger partial charge in [-0.1, -0.05) is 30.3 Å². The van der Waals surface area contributed by atoms with Gasteiger partial charge in [-0.25, -0.2) is 0 Å². The first kappa shape index (κ1) is 11.5. The Kier molecular flexibility index (Phi) is 2.68. The maximum absolute atomic E-state index is 2.24. The number of rotatable bonds is 2. The number of fused-ring (bicyclic) bond motifs is 1. The molecule has 2 aromatic heterocycles. The van der Waals surface area contributed by atoms with Crippen molar-refractivity contribution in [3.8, 4) is 16.8 Å². The van der Waals surface area contributed by atoms with E-state index in [4.69, 9.17) is 0 Å². The van der Waals surface area contributed by atoms with Crippen LogP contribution >= 0.6 is 11.3 Å². The summed E-state index contributed by atoms with van der Waals surface area (Å²) in [5.74, 6) is 0. The largest absolute Gasteiger partial charge is 0.317 e. The molecule has 0 atom stereocenters. The minimum absolute atomic E-state index is 1.20. The highest BCUT2D eigenvalue weighted by Crippen LogP contribution is 2.26. The lowest BCUT2D eigenvalue weighted by molar-refractivity contribution is 1.13. The molecule has 0 saturated carbocycles. The molecule has 4 rings (SSSR count). The van der Waals surface area contributed by atoms with Gasteiger partial charge in [0.1, 0.15) is 0 Å². The van der Waals surface area contributed by atoms with Gasteiger partial charge in [0, 0.05) is 11.9 Å². The van der Waals surface area contributed by atoms with Crippen LogP contribution in [0.25, 0.3) is 27.7 Å². The summed E-state index contributed by atoms with van der Waals surface area (Å²) < 4.78 is 2.24. The second-order valence-electron chi connectivity index (χ2n) is 4.81. The molecule has 0 fully saturated rings. The van der Waals surface area contributed by atoms with Crippen molar-refractivity contribution < 1.29 is 0 Å². The quantitative estimate of drug-likeness (QED) is 0.464. The summed E-state index contributed by atoms with van der Waals surface area (Å²) in [5, 5.41) is 5.58. The molecule has 2 heteroatoms. The molecule has 96 valence electrons. The lowest BCUT2D eigenvalue weighted by Gasteiger charge is -2.07. The second kappa shape index (κ2) is 4.66. The number of para-hydroxylation sites is 1. The highest BCUT2D eigenvalue weighted by molar-refractivity contribution is 7.08. The van der Waals surface area contributed by atoms with Crippen LogP contribution in [-0.2, 0) is 0 Å². The van der Waals surface area contributed by atoms with E-state index < -0.39 is 0 Å². The number of thiophene rings is 1. The van der Waals surface area contributed by atoms with E-state index >= 15 is 0 Å². The van der Waals surface area contributed by atoms with Crippen molar-refractivity contribution in [3.05, 3.63) is 77.6 Å². The Morgan fingerprint density at radius 2 is 1.75 bits per heavy atom. The molecule has 0 aliphatic heterocycles. The SMILES string of the molecule is c1cc(-c2ccsc2)cc(-n2ccc3ccccc32)c1. The van der Waals surface area contributed by atoms with Gasteiger partial charge < -0.3 is 4.57 Å². The van der Waals surface area contributed by atoms with Crippen LogP contribution in [0.4, 0.5) is 0 Å². The summed E-state index contributed by atoms with van der Waals surface area (Å²) in [6.07, 6.45) is 2.14. The molecular formula is C18H13NS. The standard InChI is InChI=1S/C18H13NS/c1-2-7-18-14(4-1)8-10-19(18)17-6-3-5-15(12-17)16-9-11-20-13-16/h1-13H. The van der Waals surface area contributed by atoms with Gasteiger partial charge in [-0.15, -0.1) is 0 Å². The van der Waals surface area contributed by atoms with Crippen LogP contribution in [-0.4, -0.2) is 4.57 Å². The molecule has 1 nitrogen and oxygen atoms in total. The summed E-state index contributed by atoms with van der Waals surface area (Å²) in [6.45, 7) is 0. The van der Waals surface area contributed by atoms with Crippen molar-refractivity contribution in [2.75, 3.05) is 0 Å². The van der Waals surface area contributed by atoms with Crippen LogP contribution in [0.2, 0.25) is 0 Å². The van der Waals surface area contributed by atoms with Crippen molar-refractivity contribution in [3.63, 3.8) is 0 Å². The number of aromatic nitrogens is 1. The van der Waals surface area contributed by atoms with Crippen molar-refractivity contribution in [1.29, 1.82) is 0 Å². The zero-order valence-electron chi connectivity index (χ0n) is 10.9. The summed E-state index contributed by atoms with van der Waals surface area (Å²) >= 11 is 1.73. The predicted octanol–water partition coefficient (Wildman–Crippen LogP) is 5.36. The Bertz CT molecular complexity index is 856. The fraction of sp³-hybridized carbons (Fsp3) is 0. The molecule has 0 radical (unpaired) electrons. The molecule has 0 N–H and O–H groups in total. The molecule has 0 aliphatic rings. The first-order chi connectivity index (χ1) is 9.92. The van der Waals surface area contributed by atoms with Crippen molar-refractivity contribution in [1.82, 2.24) is 4.57 Å². The topological polar surface area (TPSA) is 4.93 Å². The second-order valence-corrected chi connectivity index (χ2v) is 5.59.